The summed E-state index contributed by atoms with van der Waals surface area (Å²) >= 11 is 5.84. The number of piperidine rings is 1. The normalized spacial score (nSPS) is 16.8. The van der Waals surface area contributed by atoms with E-state index in [1.54, 1.807) is 16.8 Å². The molecule has 1 saturated heterocycles. The SMILES string of the molecule is Cc1ccn(-c2ccc(N3CCCC(C(=O)Nc4ccc(Cl)cn4)C3)nn2)n1. The third-order valence-corrected chi connectivity index (χ3v) is 4.91. The Morgan fingerprint density at radius 1 is 1.18 bits per heavy atom. The quantitative estimate of drug-likeness (QED) is 0.728. The second-order valence-electron chi connectivity index (χ2n) is 6.79. The predicted octanol–water partition coefficient (Wildman–Crippen LogP) is 2.87. The van der Waals surface area contributed by atoms with Crippen LogP contribution in [-0.2, 0) is 4.79 Å². The molecule has 1 amide bonds. The molecule has 1 unspecified atom stereocenters. The summed E-state index contributed by atoms with van der Waals surface area (Å²) in [7, 11) is 0. The number of nitrogens with zero attached hydrogens (tertiary/aromatic N) is 6. The fraction of sp³-hybridized carbons (Fsp3) is 0.316. The van der Waals surface area contributed by atoms with Crippen molar-refractivity contribution in [3.63, 3.8) is 0 Å². The first kappa shape index (κ1) is 18.4. The minimum atomic E-state index is -0.138. The Morgan fingerprint density at radius 2 is 2.00 bits per heavy atom. The van der Waals surface area contributed by atoms with Gasteiger partial charge in [0, 0.05) is 25.5 Å². The van der Waals surface area contributed by atoms with Gasteiger partial charge in [-0.15, -0.1) is 10.2 Å². The van der Waals surface area contributed by atoms with Crippen LogP contribution < -0.4 is 10.2 Å². The first-order valence-electron chi connectivity index (χ1n) is 9.12. The number of hydrogen-bond donors (Lipinski definition) is 1. The molecule has 0 aliphatic carbocycles. The van der Waals surface area contributed by atoms with Crippen molar-refractivity contribution in [2.75, 3.05) is 23.3 Å². The van der Waals surface area contributed by atoms with E-state index in [2.05, 4.69) is 30.5 Å². The van der Waals surface area contributed by atoms with Crippen LogP contribution in [0.3, 0.4) is 0 Å². The van der Waals surface area contributed by atoms with Gasteiger partial charge in [0.05, 0.1) is 16.6 Å². The molecule has 9 heteroatoms. The first-order valence-corrected chi connectivity index (χ1v) is 9.50. The van der Waals surface area contributed by atoms with Crippen LogP contribution in [0.1, 0.15) is 18.5 Å². The van der Waals surface area contributed by atoms with Gasteiger partial charge < -0.3 is 10.2 Å². The van der Waals surface area contributed by atoms with Crippen molar-refractivity contribution in [1.29, 1.82) is 0 Å². The summed E-state index contributed by atoms with van der Waals surface area (Å²) in [5, 5.41) is 16.3. The van der Waals surface area contributed by atoms with Crippen molar-refractivity contribution in [2.24, 2.45) is 5.92 Å². The van der Waals surface area contributed by atoms with Gasteiger partial charge in [0.1, 0.15) is 5.82 Å². The summed E-state index contributed by atoms with van der Waals surface area (Å²) in [4.78, 5) is 18.8. The number of pyridine rings is 1. The van der Waals surface area contributed by atoms with Crippen LogP contribution in [0, 0.1) is 12.8 Å². The van der Waals surface area contributed by atoms with E-state index in [4.69, 9.17) is 11.6 Å². The molecule has 4 heterocycles. The molecular formula is C19H20ClN7O. The van der Waals surface area contributed by atoms with E-state index in [-0.39, 0.29) is 11.8 Å². The van der Waals surface area contributed by atoms with E-state index in [9.17, 15) is 4.79 Å². The molecule has 1 atom stereocenters. The van der Waals surface area contributed by atoms with Crippen molar-refractivity contribution < 1.29 is 4.79 Å². The smallest absolute Gasteiger partial charge is 0.230 e. The molecule has 1 N–H and O–H groups in total. The third-order valence-electron chi connectivity index (χ3n) is 4.69. The van der Waals surface area contributed by atoms with Gasteiger partial charge in [0.25, 0.3) is 0 Å². The zero-order chi connectivity index (χ0) is 19.5. The van der Waals surface area contributed by atoms with Gasteiger partial charge >= 0.3 is 0 Å². The van der Waals surface area contributed by atoms with Crippen LogP contribution in [0.4, 0.5) is 11.6 Å². The van der Waals surface area contributed by atoms with Gasteiger partial charge in [-0.25, -0.2) is 9.67 Å². The molecule has 1 fully saturated rings. The Morgan fingerprint density at radius 3 is 2.68 bits per heavy atom. The number of rotatable bonds is 4. The number of hydrogen-bond acceptors (Lipinski definition) is 6. The molecule has 0 radical (unpaired) electrons. The number of carbonyl (C=O) groups excluding carboxylic acids is 1. The average molecular weight is 398 g/mol. The van der Waals surface area contributed by atoms with Crippen molar-refractivity contribution in [1.82, 2.24) is 25.0 Å². The standard InChI is InChI=1S/C19H20ClN7O/c1-13-8-10-27(25-13)18-7-6-17(23-24-18)26-9-2-3-14(12-26)19(28)22-16-5-4-15(20)11-21-16/h4-8,10-11,14H,2-3,9,12H2,1H3,(H,21,22,28). The van der Waals surface area contributed by atoms with E-state index in [1.165, 1.54) is 6.20 Å². The Labute approximate surface area is 167 Å². The highest BCUT2D eigenvalue weighted by atomic mass is 35.5. The molecule has 28 heavy (non-hydrogen) atoms. The van der Waals surface area contributed by atoms with Gasteiger partial charge in [0.15, 0.2) is 11.6 Å². The Balaban J connectivity index is 1.41. The van der Waals surface area contributed by atoms with Crippen LogP contribution in [0.25, 0.3) is 5.82 Å². The molecule has 0 saturated carbocycles. The average Bonchev–Trinajstić information content (AvgIpc) is 3.16. The first-order chi connectivity index (χ1) is 13.6. The summed E-state index contributed by atoms with van der Waals surface area (Å²) in [6.45, 7) is 3.36. The molecule has 144 valence electrons. The van der Waals surface area contributed by atoms with Gasteiger partial charge in [-0.1, -0.05) is 11.6 Å². The maximum absolute atomic E-state index is 12.6. The van der Waals surface area contributed by atoms with Crippen LogP contribution in [0.5, 0.6) is 0 Å². The third kappa shape index (κ3) is 4.12. The zero-order valence-electron chi connectivity index (χ0n) is 15.4. The largest absolute Gasteiger partial charge is 0.354 e. The second kappa shape index (κ2) is 7.93. The maximum atomic E-state index is 12.6. The van der Waals surface area contributed by atoms with Crippen molar-refractivity contribution >= 4 is 29.1 Å². The Bertz CT molecular complexity index is 955. The van der Waals surface area contributed by atoms with Crippen molar-refractivity contribution in [3.8, 4) is 5.82 Å². The molecule has 0 spiro atoms. The number of halogens is 1. The summed E-state index contributed by atoms with van der Waals surface area (Å²) < 4.78 is 1.69. The lowest BCUT2D eigenvalue weighted by atomic mass is 9.97. The lowest BCUT2D eigenvalue weighted by molar-refractivity contribution is -0.120. The lowest BCUT2D eigenvalue weighted by Gasteiger charge is -2.32. The molecule has 8 nitrogen and oxygen atoms in total. The van der Waals surface area contributed by atoms with Crippen LogP contribution in [0.2, 0.25) is 5.02 Å². The fourth-order valence-electron chi connectivity index (χ4n) is 3.23. The zero-order valence-corrected chi connectivity index (χ0v) is 16.2. The highest BCUT2D eigenvalue weighted by molar-refractivity contribution is 6.30. The minimum absolute atomic E-state index is 0.0453. The van der Waals surface area contributed by atoms with Crippen molar-refractivity contribution in [2.45, 2.75) is 19.8 Å². The Hall–Kier alpha value is -3.00. The van der Waals surface area contributed by atoms with Gasteiger partial charge in [-0.05, 0) is 50.1 Å². The molecule has 1 aliphatic heterocycles. The molecule has 3 aromatic heterocycles. The number of amides is 1. The number of carbonyl (C=O) groups is 1. The topological polar surface area (TPSA) is 88.8 Å². The van der Waals surface area contributed by atoms with Crippen molar-refractivity contribution in [3.05, 3.63) is 53.4 Å². The molecular weight excluding hydrogens is 378 g/mol. The monoisotopic (exact) mass is 397 g/mol. The minimum Gasteiger partial charge on any atom is -0.354 e. The van der Waals surface area contributed by atoms with Crippen LogP contribution in [-0.4, -0.2) is 44.0 Å². The summed E-state index contributed by atoms with van der Waals surface area (Å²) in [5.41, 5.74) is 0.922. The number of aryl methyl sites for hydroxylation is 1. The maximum Gasteiger partial charge on any atom is 0.230 e. The van der Waals surface area contributed by atoms with Crippen LogP contribution >= 0.6 is 11.6 Å². The van der Waals surface area contributed by atoms with E-state index in [1.807, 2.05) is 31.3 Å². The second-order valence-corrected chi connectivity index (χ2v) is 7.22. The fourth-order valence-corrected chi connectivity index (χ4v) is 3.34. The van der Waals surface area contributed by atoms with E-state index in [0.29, 0.717) is 23.2 Å². The number of anilines is 2. The molecule has 1 aliphatic rings. The summed E-state index contributed by atoms with van der Waals surface area (Å²) in [6.07, 6.45) is 5.11. The summed E-state index contributed by atoms with van der Waals surface area (Å²) in [5.74, 6) is 1.74. The summed E-state index contributed by atoms with van der Waals surface area (Å²) in [6, 6.07) is 9.12. The van der Waals surface area contributed by atoms with Gasteiger partial charge in [0.2, 0.25) is 5.91 Å². The predicted molar refractivity (Wildman–Crippen MR) is 107 cm³/mol. The highest BCUT2D eigenvalue weighted by Crippen LogP contribution is 2.23. The van der Waals surface area contributed by atoms with E-state index in [0.717, 1.165) is 30.9 Å². The highest BCUT2D eigenvalue weighted by Gasteiger charge is 2.27. The number of nitrogens with one attached hydrogen (secondary N) is 1. The van der Waals surface area contributed by atoms with E-state index < -0.39 is 0 Å². The van der Waals surface area contributed by atoms with Gasteiger partial charge in [-0.2, -0.15) is 5.10 Å². The lowest BCUT2D eigenvalue weighted by Crippen LogP contribution is -2.41. The Kier molecular flexibility index (Phi) is 5.21. The molecule has 0 aromatic carbocycles. The molecule has 3 aromatic rings. The van der Waals surface area contributed by atoms with Crippen LogP contribution in [0.15, 0.2) is 42.7 Å². The van der Waals surface area contributed by atoms with E-state index >= 15 is 0 Å². The number of aromatic nitrogens is 5. The molecule has 4 rings (SSSR count). The van der Waals surface area contributed by atoms with Gasteiger partial charge in [-0.3, -0.25) is 4.79 Å². The molecule has 0 bridgehead atoms.